The first-order chi connectivity index (χ1) is 8.46. The predicted octanol–water partition coefficient (Wildman–Crippen LogP) is -0.821. The molecular formula is C6H10N6O6. The molecule has 0 aromatic carbocycles. The van der Waals surface area contributed by atoms with Crippen LogP contribution in [0.2, 0.25) is 0 Å². The molecule has 12 nitrogen and oxygen atoms in total. The van der Waals surface area contributed by atoms with Gasteiger partial charge in [-0.3, -0.25) is 19.9 Å². The second kappa shape index (κ2) is 13.8. The smallest absolute Gasteiger partial charge is 0.239 e. The number of nitrogens with one attached hydrogen (secondary N) is 4. The van der Waals surface area contributed by atoms with Crippen molar-refractivity contribution in [3.05, 3.63) is 68.1 Å². The summed E-state index contributed by atoms with van der Waals surface area (Å²) in [5, 5.41) is 29.5. The summed E-state index contributed by atoms with van der Waals surface area (Å²) in [5.74, 6) is 0. The van der Waals surface area contributed by atoms with Crippen molar-refractivity contribution in [1.29, 1.82) is 0 Å². The molecule has 0 unspecified atom stereocenters. The largest absolute Gasteiger partial charge is 0.356 e. The molecule has 2 aromatic rings. The monoisotopic (exact) mass is 262 g/mol. The lowest BCUT2D eigenvalue weighted by Crippen LogP contribution is -1.87. The number of aromatic nitrogens is 4. The lowest BCUT2D eigenvalue weighted by atomic mass is 11.0. The minimum absolute atomic E-state index is 1.75. The third-order valence-electron chi connectivity index (χ3n) is 0.885. The molecule has 18 heavy (non-hydrogen) atoms. The zero-order valence-electron chi connectivity index (χ0n) is 8.81. The van der Waals surface area contributed by atoms with E-state index in [9.17, 15) is 0 Å². The molecule has 0 radical (unpaired) electrons. The van der Waals surface area contributed by atoms with Gasteiger partial charge in [-0.05, 0) is 0 Å². The molecule has 0 amide bonds. The highest BCUT2D eigenvalue weighted by Crippen LogP contribution is 1.54. The van der Waals surface area contributed by atoms with Gasteiger partial charge in [0, 0.05) is 0 Å². The second-order valence-electron chi connectivity index (χ2n) is 2.07. The van der Waals surface area contributed by atoms with Crippen LogP contribution in [0.1, 0.15) is 0 Å². The SMILES string of the molecule is O=[N+]([O-])[O-].O=[N+]([O-])[O-].c1c[nH+]c[nH]1.c1c[nH+]c[nH]1. The third-order valence-corrected chi connectivity index (χ3v) is 0.885. The van der Waals surface area contributed by atoms with Crippen LogP contribution in [0.25, 0.3) is 0 Å². The van der Waals surface area contributed by atoms with Crippen molar-refractivity contribution in [3.63, 3.8) is 0 Å². The average Bonchev–Trinajstić information content (AvgIpc) is 2.96. The number of rotatable bonds is 0. The van der Waals surface area contributed by atoms with Gasteiger partial charge in [0.15, 0.2) is 0 Å². The Bertz CT molecular complexity index is 295. The molecule has 0 aliphatic carbocycles. The quantitative estimate of drug-likeness (QED) is 0.459. The molecule has 100 valence electrons. The summed E-state index contributed by atoms with van der Waals surface area (Å²) in [6.07, 6.45) is 10.8. The Labute approximate surface area is 99.2 Å². The number of imidazole rings is 2. The molecule has 12 heteroatoms. The van der Waals surface area contributed by atoms with Crippen LogP contribution in [0.15, 0.2) is 37.4 Å². The van der Waals surface area contributed by atoms with E-state index >= 15 is 0 Å². The van der Waals surface area contributed by atoms with Gasteiger partial charge in [0.05, 0.1) is 10.2 Å². The number of hydrogen-bond donors (Lipinski definition) is 2. The van der Waals surface area contributed by atoms with Crippen LogP contribution in [0, 0.1) is 30.6 Å². The van der Waals surface area contributed by atoms with Crippen molar-refractivity contribution < 1.29 is 20.1 Å². The lowest BCUT2D eigenvalue weighted by molar-refractivity contribution is -0.403. The zero-order chi connectivity index (χ0) is 14.2. The van der Waals surface area contributed by atoms with Gasteiger partial charge in [-0.15, -0.1) is 0 Å². The second-order valence-corrected chi connectivity index (χ2v) is 2.07. The van der Waals surface area contributed by atoms with Crippen LogP contribution in [-0.4, -0.2) is 20.1 Å². The number of hydrogen-bond acceptors (Lipinski definition) is 6. The molecule has 0 aliphatic heterocycles. The van der Waals surface area contributed by atoms with Crippen molar-refractivity contribution in [1.82, 2.24) is 9.97 Å². The molecule has 0 fully saturated rings. The van der Waals surface area contributed by atoms with Crippen LogP contribution >= 0.6 is 0 Å². The fraction of sp³-hybridized carbons (Fsp3) is 0. The molecule has 2 heterocycles. The van der Waals surface area contributed by atoms with Crippen molar-refractivity contribution in [2.24, 2.45) is 0 Å². The lowest BCUT2D eigenvalue weighted by Gasteiger charge is -1.74. The van der Waals surface area contributed by atoms with E-state index in [-0.39, 0.29) is 0 Å². The molecule has 2 aromatic heterocycles. The number of nitrogens with zero attached hydrogens (tertiary/aromatic N) is 2. The van der Waals surface area contributed by atoms with Gasteiger partial charge >= 0.3 is 0 Å². The van der Waals surface area contributed by atoms with Crippen molar-refractivity contribution in [3.8, 4) is 0 Å². The summed E-state index contributed by atoms with van der Waals surface area (Å²) in [6, 6.07) is 0. The molecule has 0 saturated heterocycles. The topological polar surface area (TPSA) is 192 Å². The van der Waals surface area contributed by atoms with E-state index in [1.54, 1.807) is 12.7 Å². The van der Waals surface area contributed by atoms with Gasteiger partial charge in [-0.2, -0.15) is 0 Å². The molecule has 0 saturated carbocycles. The first kappa shape index (κ1) is 17.2. The highest BCUT2D eigenvalue weighted by Gasteiger charge is 1.65. The van der Waals surface area contributed by atoms with Gasteiger partial charge in [-0.25, -0.2) is 0 Å². The minimum atomic E-state index is -1.75. The summed E-state index contributed by atoms with van der Waals surface area (Å²) in [7, 11) is 0. The van der Waals surface area contributed by atoms with Gasteiger partial charge in [-0.1, -0.05) is 0 Å². The minimum Gasteiger partial charge on any atom is -0.356 e. The van der Waals surface area contributed by atoms with Gasteiger partial charge in [0.2, 0.25) is 12.7 Å². The third kappa shape index (κ3) is 38.5. The Morgan fingerprint density at radius 3 is 1.11 bits per heavy atom. The van der Waals surface area contributed by atoms with Crippen molar-refractivity contribution in [2.75, 3.05) is 0 Å². The number of H-pyrrole nitrogens is 4. The molecule has 4 N–H and O–H groups in total. The predicted molar refractivity (Wildman–Crippen MR) is 55.4 cm³/mol. The molecule has 0 spiro atoms. The Kier molecular flexibility index (Phi) is 13.2. The maximum atomic E-state index is 8.25. The summed E-state index contributed by atoms with van der Waals surface area (Å²) >= 11 is 0. The fourth-order valence-corrected chi connectivity index (χ4v) is 0.481. The Morgan fingerprint density at radius 1 is 0.778 bits per heavy atom. The Balaban J connectivity index is 0. The van der Waals surface area contributed by atoms with E-state index in [0.717, 1.165) is 0 Å². The standard InChI is InChI=1S/2C3H4N2.2NO3/c2*1-2-5-3-4-1;2*2-1(3)4/h2*1-3H,(H,4,5);;/q;;2*-1/p+2. The van der Waals surface area contributed by atoms with Crippen LogP contribution in [-0.2, 0) is 0 Å². The van der Waals surface area contributed by atoms with E-state index in [2.05, 4.69) is 19.9 Å². The zero-order valence-corrected chi connectivity index (χ0v) is 8.81. The van der Waals surface area contributed by atoms with Gasteiger partial charge in [0.1, 0.15) is 24.8 Å². The average molecular weight is 262 g/mol. The Hall–Kier alpha value is -3.18. The van der Waals surface area contributed by atoms with Crippen LogP contribution in [0.5, 0.6) is 0 Å². The van der Waals surface area contributed by atoms with Gasteiger partial charge in [0.25, 0.3) is 0 Å². The summed E-state index contributed by atoms with van der Waals surface area (Å²) in [5.41, 5.74) is 0. The summed E-state index contributed by atoms with van der Waals surface area (Å²) in [6.45, 7) is 0. The van der Waals surface area contributed by atoms with E-state index in [1.165, 1.54) is 0 Å². The molecule has 2 rings (SSSR count). The normalized spacial score (nSPS) is 7.11. The van der Waals surface area contributed by atoms with E-state index < -0.39 is 10.2 Å². The highest BCUT2D eigenvalue weighted by molar-refractivity contribution is 4.53. The fourth-order valence-electron chi connectivity index (χ4n) is 0.481. The van der Waals surface area contributed by atoms with Crippen molar-refractivity contribution in [2.45, 2.75) is 0 Å². The van der Waals surface area contributed by atoms with E-state index in [0.29, 0.717) is 0 Å². The highest BCUT2D eigenvalue weighted by atomic mass is 16.9. The van der Waals surface area contributed by atoms with Crippen LogP contribution in [0.4, 0.5) is 0 Å². The first-order valence-corrected chi connectivity index (χ1v) is 4.07. The van der Waals surface area contributed by atoms with E-state index in [1.807, 2.05) is 24.8 Å². The molecule has 0 bridgehead atoms. The van der Waals surface area contributed by atoms with Crippen LogP contribution < -0.4 is 9.97 Å². The maximum absolute atomic E-state index is 8.25. The van der Waals surface area contributed by atoms with E-state index in [4.69, 9.17) is 30.6 Å². The molecular weight excluding hydrogens is 252 g/mol. The van der Waals surface area contributed by atoms with Gasteiger partial charge < -0.3 is 30.6 Å². The molecule has 0 aliphatic rings. The number of aromatic amines is 4. The summed E-state index contributed by atoms with van der Waals surface area (Å²) < 4.78 is 0. The Morgan fingerprint density at radius 2 is 1.06 bits per heavy atom. The molecule has 0 atom stereocenters. The maximum Gasteiger partial charge on any atom is 0.239 e. The summed E-state index contributed by atoms with van der Waals surface area (Å²) in [4.78, 5) is 27.7. The first-order valence-electron chi connectivity index (χ1n) is 4.07. The van der Waals surface area contributed by atoms with Crippen LogP contribution in [0.3, 0.4) is 0 Å². The van der Waals surface area contributed by atoms with Crippen molar-refractivity contribution >= 4 is 0 Å².